The molecule has 0 bridgehead atoms. The Balaban J connectivity index is 2.19. The number of hydrogen-bond acceptors (Lipinski definition) is 4. The third-order valence-corrected chi connectivity index (χ3v) is 4.60. The zero-order valence-corrected chi connectivity index (χ0v) is 16.4. The van der Waals surface area contributed by atoms with Crippen molar-refractivity contribution in [1.29, 1.82) is 0 Å². The van der Waals surface area contributed by atoms with Gasteiger partial charge in [0.15, 0.2) is 0 Å². The van der Waals surface area contributed by atoms with Crippen LogP contribution in [0.4, 0.5) is 10.5 Å². The SMILES string of the molecule is Cc1ccc(NC(=O)O[C@@H](c2cc(I)ccc2O)[C@@H](C)CCO)cc1. The summed E-state index contributed by atoms with van der Waals surface area (Å²) in [5.41, 5.74) is 2.26. The number of hydrogen-bond donors (Lipinski definition) is 3. The average molecular weight is 455 g/mol. The number of phenolic OH excluding ortho intramolecular Hbond substituents is 1. The maximum atomic E-state index is 12.3. The molecule has 25 heavy (non-hydrogen) atoms. The van der Waals surface area contributed by atoms with Crippen LogP contribution in [0, 0.1) is 16.4 Å². The van der Waals surface area contributed by atoms with E-state index in [1.807, 2.05) is 26.0 Å². The third kappa shape index (κ3) is 5.61. The molecule has 0 aromatic heterocycles. The Morgan fingerprint density at radius 1 is 1.24 bits per heavy atom. The number of carbonyl (C=O) groups is 1. The number of rotatable bonds is 6. The molecule has 0 fully saturated rings. The van der Waals surface area contributed by atoms with E-state index in [2.05, 4.69) is 27.9 Å². The quantitative estimate of drug-likeness (QED) is 0.556. The predicted octanol–water partition coefficient (Wildman–Crippen LogP) is 4.61. The molecule has 6 heteroatoms. The highest BCUT2D eigenvalue weighted by molar-refractivity contribution is 14.1. The second kappa shape index (κ2) is 9.05. The molecule has 134 valence electrons. The van der Waals surface area contributed by atoms with Crippen molar-refractivity contribution in [3.8, 4) is 5.75 Å². The Hall–Kier alpha value is -1.80. The van der Waals surface area contributed by atoms with E-state index in [1.165, 1.54) is 0 Å². The van der Waals surface area contributed by atoms with Crippen LogP contribution in [0.2, 0.25) is 0 Å². The summed E-state index contributed by atoms with van der Waals surface area (Å²) in [6, 6.07) is 12.5. The Morgan fingerprint density at radius 2 is 1.92 bits per heavy atom. The lowest BCUT2D eigenvalue weighted by atomic mass is 9.94. The highest BCUT2D eigenvalue weighted by Crippen LogP contribution is 2.35. The first-order valence-electron chi connectivity index (χ1n) is 8.04. The number of aromatic hydroxyl groups is 1. The number of aliphatic hydroxyl groups is 1. The first kappa shape index (κ1) is 19.5. The van der Waals surface area contributed by atoms with Crippen LogP contribution in [0.25, 0.3) is 0 Å². The Bertz CT molecular complexity index is 718. The van der Waals surface area contributed by atoms with Crippen molar-refractivity contribution in [3.63, 3.8) is 0 Å². The molecular weight excluding hydrogens is 433 g/mol. The van der Waals surface area contributed by atoms with E-state index in [9.17, 15) is 15.0 Å². The van der Waals surface area contributed by atoms with E-state index < -0.39 is 12.2 Å². The van der Waals surface area contributed by atoms with Gasteiger partial charge in [-0.2, -0.15) is 0 Å². The summed E-state index contributed by atoms with van der Waals surface area (Å²) in [4.78, 5) is 12.3. The summed E-state index contributed by atoms with van der Waals surface area (Å²) in [7, 11) is 0. The Morgan fingerprint density at radius 3 is 2.56 bits per heavy atom. The number of halogens is 1. The highest BCUT2D eigenvalue weighted by Gasteiger charge is 2.26. The van der Waals surface area contributed by atoms with Gasteiger partial charge in [0, 0.05) is 21.4 Å². The van der Waals surface area contributed by atoms with Gasteiger partial charge in [-0.15, -0.1) is 0 Å². The molecule has 0 unspecified atom stereocenters. The van der Waals surface area contributed by atoms with Gasteiger partial charge in [-0.1, -0.05) is 24.6 Å². The normalized spacial score (nSPS) is 13.1. The standard InChI is InChI=1S/C19H22INO4/c1-12-3-6-15(7-4-12)21-19(24)25-18(13(2)9-10-22)16-11-14(20)5-8-17(16)23/h3-8,11,13,18,22-23H,9-10H2,1-2H3,(H,21,24)/t13-,18+/m0/s1. The van der Waals surface area contributed by atoms with E-state index in [-0.39, 0.29) is 18.3 Å². The number of aryl methyl sites for hydroxylation is 1. The van der Waals surface area contributed by atoms with Crippen LogP contribution < -0.4 is 5.32 Å². The van der Waals surface area contributed by atoms with E-state index in [1.54, 1.807) is 30.3 Å². The number of benzene rings is 2. The largest absolute Gasteiger partial charge is 0.508 e. The van der Waals surface area contributed by atoms with E-state index in [4.69, 9.17) is 4.74 Å². The van der Waals surface area contributed by atoms with Gasteiger partial charge >= 0.3 is 6.09 Å². The van der Waals surface area contributed by atoms with Gasteiger partial charge < -0.3 is 14.9 Å². The van der Waals surface area contributed by atoms with Crippen molar-refractivity contribution in [3.05, 3.63) is 57.2 Å². The lowest BCUT2D eigenvalue weighted by molar-refractivity contribution is 0.0652. The third-order valence-electron chi connectivity index (χ3n) is 3.93. The molecule has 0 spiro atoms. The maximum absolute atomic E-state index is 12.3. The molecule has 0 saturated carbocycles. The zero-order chi connectivity index (χ0) is 18.4. The summed E-state index contributed by atoms with van der Waals surface area (Å²) < 4.78 is 6.52. The molecule has 0 aliphatic heterocycles. The zero-order valence-electron chi connectivity index (χ0n) is 14.2. The number of carbonyl (C=O) groups excluding carboxylic acids is 1. The highest BCUT2D eigenvalue weighted by atomic mass is 127. The molecule has 5 nitrogen and oxygen atoms in total. The van der Waals surface area contributed by atoms with Crippen LogP contribution >= 0.6 is 22.6 Å². The summed E-state index contributed by atoms with van der Waals surface area (Å²) in [5, 5.41) is 22.1. The number of aliphatic hydroxyl groups excluding tert-OH is 1. The molecular formula is C19H22INO4. The average Bonchev–Trinajstić information content (AvgIpc) is 2.57. The van der Waals surface area contributed by atoms with Crippen molar-refractivity contribution in [2.45, 2.75) is 26.4 Å². The second-order valence-electron chi connectivity index (χ2n) is 6.01. The Kier molecular flexibility index (Phi) is 7.07. The minimum Gasteiger partial charge on any atom is -0.508 e. The fourth-order valence-electron chi connectivity index (χ4n) is 2.49. The Labute approximate surface area is 161 Å². The van der Waals surface area contributed by atoms with Gasteiger partial charge in [0.2, 0.25) is 0 Å². The smallest absolute Gasteiger partial charge is 0.412 e. The lowest BCUT2D eigenvalue weighted by Gasteiger charge is -2.25. The van der Waals surface area contributed by atoms with Crippen molar-refractivity contribution >= 4 is 34.4 Å². The summed E-state index contributed by atoms with van der Waals surface area (Å²) in [5.74, 6) is -0.0868. The molecule has 0 saturated heterocycles. The van der Waals surface area contributed by atoms with E-state index >= 15 is 0 Å². The molecule has 2 atom stereocenters. The predicted molar refractivity (Wildman–Crippen MR) is 106 cm³/mol. The molecule has 1 amide bonds. The minimum atomic E-state index is -0.660. The van der Waals surface area contributed by atoms with Crippen molar-refractivity contribution in [2.75, 3.05) is 11.9 Å². The summed E-state index contributed by atoms with van der Waals surface area (Å²) >= 11 is 2.14. The van der Waals surface area contributed by atoms with Gasteiger partial charge in [-0.3, -0.25) is 5.32 Å². The number of phenols is 1. The molecule has 0 heterocycles. The van der Waals surface area contributed by atoms with Crippen LogP contribution in [-0.2, 0) is 4.74 Å². The first-order valence-corrected chi connectivity index (χ1v) is 9.12. The lowest BCUT2D eigenvalue weighted by Crippen LogP contribution is -2.22. The topological polar surface area (TPSA) is 78.8 Å². The van der Waals surface area contributed by atoms with Crippen LogP contribution in [0.5, 0.6) is 5.75 Å². The van der Waals surface area contributed by atoms with Gasteiger partial charge in [-0.05, 0) is 72.2 Å². The van der Waals surface area contributed by atoms with E-state index in [0.717, 1.165) is 9.13 Å². The van der Waals surface area contributed by atoms with Gasteiger partial charge in [0.25, 0.3) is 0 Å². The second-order valence-corrected chi connectivity index (χ2v) is 7.26. The van der Waals surface area contributed by atoms with Crippen molar-refractivity contribution in [1.82, 2.24) is 0 Å². The van der Waals surface area contributed by atoms with Crippen molar-refractivity contribution in [2.24, 2.45) is 5.92 Å². The molecule has 2 aromatic rings. The maximum Gasteiger partial charge on any atom is 0.412 e. The van der Waals surface area contributed by atoms with Crippen LogP contribution in [0.3, 0.4) is 0 Å². The molecule has 2 aromatic carbocycles. The number of amides is 1. The van der Waals surface area contributed by atoms with E-state index in [0.29, 0.717) is 17.7 Å². The molecule has 2 rings (SSSR count). The minimum absolute atomic E-state index is 0.0225. The molecule has 0 aliphatic rings. The number of anilines is 1. The molecule has 3 N–H and O–H groups in total. The van der Waals surface area contributed by atoms with Crippen molar-refractivity contribution < 1.29 is 19.7 Å². The monoisotopic (exact) mass is 455 g/mol. The molecule has 0 aliphatic carbocycles. The van der Waals surface area contributed by atoms with Crippen LogP contribution in [-0.4, -0.2) is 22.9 Å². The fraction of sp³-hybridized carbons (Fsp3) is 0.316. The summed E-state index contributed by atoms with van der Waals surface area (Å²) in [6.45, 7) is 3.82. The van der Waals surface area contributed by atoms with Crippen LogP contribution in [0.1, 0.15) is 30.6 Å². The van der Waals surface area contributed by atoms with Gasteiger partial charge in [0.1, 0.15) is 11.9 Å². The number of nitrogens with one attached hydrogen (secondary N) is 1. The van der Waals surface area contributed by atoms with Gasteiger partial charge in [0.05, 0.1) is 0 Å². The molecule has 0 radical (unpaired) electrons. The number of ether oxygens (including phenoxy) is 1. The fourth-order valence-corrected chi connectivity index (χ4v) is 3.01. The van der Waals surface area contributed by atoms with Gasteiger partial charge in [-0.25, -0.2) is 4.79 Å². The first-order chi connectivity index (χ1) is 11.9. The van der Waals surface area contributed by atoms with Crippen LogP contribution in [0.15, 0.2) is 42.5 Å². The summed E-state index contributed by atoms with van der Waals surface area (Å²) in [6.07, 6.45) is -0.808.